The fourth-order valence-electron chi connectivity index (χ4n) is 2.22. The molecule has 7 heteroatoms. The molecule has 1 aromatic carbocycles. The molecule has 0 amide bonds. The van der Waals surface area contributed by atoms with Gasteiger partial charge in [-0.15, -0.1) is 0 Å². The normalized spacial score (nSPS) is 10.5. The van der Waals surface area contributed by atoms with E-state index in [0.717, 1.165) is 16.7 Å². The van der Waals surface area contributed by atoms with E-state index >= 15 is 0 Å². The van der Waals surface area contributed by atoms with Crippen LogP contribution in [0.1, 0.15) is 5.56 Å². The highest BCUT2D eigenvalue weighted by molar-refractivity contribution is 5.62. The Bertz CT molecular complexity index is 826. The second-order valence-electron chi connectivity index (χ2n) is 5.12. The number of anilines is 1. The summed E-state index contributed by atoms with van der Waals surface area (Å²) < 4.78 is 1.76. The molecule has 0 radical (unpaired) electrons. The van der Waals surface area contributed by atoms with Crippen molar-refractivity contribution >= 4 is 11.5 Å². The minimum Gasteiger partial charge on any atom is -0.366 e. The Morgan fingerprint density at radius 1 is 1.22 bits per heavy atom. The van der Waals surface area contributed by atoms with Gasteiger partial charge in [0.2, 0.25) is 0 Å². The third-order valence-corrected chi connectivity index (χ3v) is 3.40. The molecule has 0 spiro atoms. The van der Waals surface area contributed by atoms with Crippen LogP contribution in [-0.2, 0) is 13.6 Å². The number of benzene rings is 1. The quantitative estimate of drug-likeness (QED) is 0.578. The number of nitrogens with one attached hydrogen (secondary N) is 1. The van der Waals surface area contributed by atoms with Crippen LogP contribution in [-0.4, -0.2) is 19.7 Å². The van der Waals surface area contributed by atoms with Crippen molar-refractivity contribution in [2.24, 2.45) is 7.05 Å². The summed E-state index contributed by atoms with van der Waals surface area (Å²) in [6.07, 6.45) is 5.03. The molecule has 0 fully saturated rings. The predicted molar refractivity (Wildman–Crippen MR) is 86.9 cm³/mol. The van der Waals surface area contributed by atoms with Crippen molar-refractivity contribution in [2.45, 2.75) is 6.54 Å². The summed E-state index contributed by atoms with van der Waals surface area (Å²) in [6, 6.07) is 11.1. The zero-order valence-electron chi connectivity index (χ0n) is 12.5. The summed E-state index contributed by atoms with van der Waals surface area (Å²) >= 11 is 0. The van der Waals surface area contributed by atoms with Crippen LogP contribution in [0.3, 0.4) is 0 Å². The van der Waals surface area contributed by atoms with E-state index in [2.05, 4.69) is 21.5 Å². The predicted octanol–water partition coefficient (Wildman–Crippen LogP) is 3.00. The molecule has 0 bridgehead atoms. The first-order chi connectivity index (χ1) is 11.1. The SMILES string of the molecule is Cn1cc(-c2cccc(CNc3ccc([N+](=O)[O-])cn3)c2)cn1. The molecule has 3 aromatic rings. The van der Waals surface area contributed by atoms with Gasteiger partial charge in [-0.05, 0) is 23.3 Å². The van der Waals surface area contributed by atoms with Crippen LogP contribution in [0.2, 0.25) is 0 Å². The molecular weight excluding hydrogens is 294 g/mol. The maximum Gasteiger partial charge on any atom is 0.287 e. The van der Waals surface area contributed by atoms with Crippen molar-refractivity contribution < 1.29 is 4.92 Å². The van der Waals surface area contributed by atoms with Gasteiger partial charge in [0.1, 0.15) is 12.0 Å². The number of hydrogen-bond donors (Lipinski definition) is 1. The van der Waals surface area contributed by atoms with Crippen molar-refractivity contribution in [1.82, 2.24) is 14.8 Å². The highest BCUT2D eigenvalue weighted by atomic mass is 16.6. The van der Waals surface area contributed by atoms with Gasteiger partial charge in [0, 0.05) is 31.4 Å². The van der Waals surface area contributed by atoms with Gasteiger partial charge in [0.15, 0.2) is 0 Å². The van der Waals surface area contributed by atoms with Gasteiger partial charge in [-0.1, -0.05) is 18.2 Å². The summed E-state index contributed by atoms with van der Waals surface area (Å²) in [4.78, 5) is 14.2. The molecule has 0 atom stereocenters. The Labute approximate surface area is 132 Å². The molecule has 23 heavy (non-hydrogen) atoms. The average molecular weight is 309 g/mol. The molecule has 0 aliphatic heterocycles. The highest BCUT2D eigenvalue weighted by Gasteiger charge is 2.05. The Balaban J connectivity index is 1.69. The van der Waals surface area contributed by atoms with Crippen LogP contribution < -0.4 is 5.32 Å². The van der Waals surface area contributed by atoms with Crippen molar-refractivity contribution in [3.05, 3.63) is 70.7 Å². The molecule has 0 aliphatic carbocycles. The lowest BCUT2D eigenvalue weighted by Gasteiger charge is -2.07. The number of nitro groups is 1. The summed E-state index contributed by atoms with van der Waals surface area (Å²) in [5.74, 6) is 0.599. The molecule has 0 aliphatic rings. The number of aromatic nitrogens is 3. The van der Waals surface area contributed by atoms with Crippen LogP contribution in [0.25, 0.3) is 11.1 Å². The van der Waals surface area contributed by atoms with E-state index in [4.69, 9.17) is 0 Å². The summed E-state index contributed by atoms with van der Waals surface area (Å²) in [5, 5.41) is 17.9. The zero-order valence-corrected chi connectivity index (χ0v) is 12.5. The van der Waals surface area contributed by atoms with E-state index in [1.54, 1.807) is 10.7 Å². The van der Waals surface area contributed by atoms with E-state index in [-0.39, 0.29) is 5.69 Å². The van der Waals surface area contributed by atoms with E-state index < -0.39 is 4.92 Å². The van der Waals surface area contributed by atoms with Crippen molar-refractivity contribution in [3.63, 3.8) is 0 Å². The van der Waals surface area contributed by atoms with Crippen LogP contribution in [0.15, 0.2) is 55.0 Å². The third kappa shape index (κ3) is 3.52. The number of pyridine rings is 1. The standard InChI is InChI=1S/C16H15N5O2/c1-20-11-14(9-19-20)13-4-2-3-12(7-13)8-17-16-6-5-15(10-18-16)21(22)23/h2-7,9-11H,8H2,1H3,(H,17,18). The molecule has 2 heterocycles. The minimum atomic E-state index is -0.464. The van der Waals surface area contributed by atoms with Gasteiger partial charge >= 0.3 is 0 Å². The van der Waals surface area contributed by atoms with Gasteiger partial charge in [-0.3, -0.25) is 14.8 Å². The number of nitrogens with zero attached hydrogens (tertiary/aromatic N) is 4. The van der Waals surface area contributed by atoms with Crippen LogP contribution in [0, 0.1) is 10.1 Å². The lowest BCUT2D eigenvalue weighted by Crippen LogP contribution is -2.01. The van der Waals surface area contributed by atoms with Gasteiger partial charge in [-0.25, -0.2) is 4.98 Å². The first-order valence-electron chi connectivity index (χ1n) is 7.04. The second kappa shape index (κ2) is 6.27. The van der Waals surface area contributed by atoms with E-state index in [0.29, 0.717) is 12.4 Å². The fourth-order valence-corrected chi connectivity index (χ4v) is 2.22. The molecule has 116 valence electrons. The van der Waals surface area contributed by atoms with Crippen molar-refractivity contribution in [3.8, 4) is 11.1 Å². The lowest BCUT2D eigenvalue weighted by atomic mass is 10.1. The highest BCUT2D eigenvalue weighted by Crippen LogP contribution is 2.20. The third-order valence-electron chi connectivity index (χ3n) is 3.40. The first kappa shape index (κ1) is 14.7. The minimum absolute atomic E-state index is 0.0193. The molecule has 0 unspecified atom stereocenters. The molecule has 2 aromatic heterocycles. The average Bonchev–Trinajstić information content (AvgIpc) is 3.00. The van der Waals surface area contributed by atoms with Crippen LogP contribution >= 0.6 is 0 Å². The maximum atomic E-state index is 10.6. The van der Waals surface area contributed by atoms with Crippen LogP contribution in [0.4, 0.5) is 11.5 Å². The number of rotatable bonds is 5. The molecule has 0 saturated heterocycles. The van der Waals surface area contributed by atoms with Gasteiger partial charge in [0.25, 0.3) is 5.69 Å². The fraction of sp³-hybridized carbons (Fsp3) is 0.125. The largest absolute Gasteiger partial charge is 0.366 e. The Hall–Kier alpha value is -3.22. The smallest absolute Gasteiger partial charge is 0.287 e. The van der Waals surface area contributed by atoms with E-state index in [1.165, 1.54) is 12.3 Å². The summed E-state index contributed by atoms with van der Waals surface area (Å²) in [5.41, 5.74) is 3.22. The molecule has 3 rings (SSSR count). The molecular formula is C16H15N5O2. The zero-order chi connectivity index (χ0) is 16.2. The van der Waals surface area contributed by atoms with Gasteiger partial charge in [-0.2, -0.15) is 5.10 Å². The summed E-state index contributed by atoms with van der Waals surface area (Å²) in [7, 11) is 1.88. The second-order valence-corrected chi connectivity index (χ2v) is 5.12. The van der Waals surface area contributed by atoms with Crippen molar-refractivity contribution in [1.29, 1.82) is 0 Å². The number of aryl methyl sites for hydroxylation is 1. The Kier molecular flexibility index (Phi) is 4.01. The lowest BCUT2D eigenvalue weighted by molar-refractivity contribution is -0.385. The molecule has 1 N–H and O–H groups in total. The topological polar surface area (TPSA) is 85.9 Å². The monoisotopic (exact) mass is 309 g/mol. The van der Waals surface area contributed by atoms with Crippen molar-refractivity contribution in [2.75, 3.05) is 5.32 Å². The number of hydrogen-bond acceptors (Lipinski definition) is 5. The Morgan fingerprint density at radius 2 is 2.09 bits per heavy atom. The maximum absolute atomic E-state index is 10.6. The molecule has 7 nitrogen and oxygen atoms in total. The van der Waals surface area contributed by atoms with Gasteiger partial charge < -0.3 is 5.32 Å². The molecule has 0 saturated carbocycles. The first-order valence-corrected chi connectivity index (χ1v) is 7.04. The van der Waals surface area contributed by atoms with E-state index in [1.807, 2.05) is 37.6 Å². The van der Waals surface area contributed by atoms with Gasteiger partial charge in [0.05, 0.1) is 11.1 Å². The van der Waals surface area contributed by atoms with E-state index in [9.17, 15) is 10.1 Å². The summed E-state index contributed by atoms with van der Waals surface area (Å²) in [6.45, 7) is 0.582. The Morgan fingerprint density at radius 3 is 2.74 bits per heavy atom. The van der Waals surface area contributed by atoms with Crippen LogP contribution in [0.5, 0.6) is 0 Å².